The predicted octanol–water partition coefficient (Wildman–Crippen LogP) is 4.80. The standard InChI is InChI=1S/C25H26N4O4SSi/c1-5-34(31,32)18-11-9-17(10-12-18)33-23-15-22-21(14-19(23)25(30,16-26)35(2,3)4)28-24(29-22)20-8-6-7-13-27-20/h6-15,30H,5H2,1-4H3,(H,28,29). The van der Waals surface area contributed by atoms with Gasteiger partial charge in [-0.3, -0.25) is 4.98 Å². The zero-order valence-corrected chi connectivity index (χ0v) is 21.7. The number of benzene rings is 2. The monoisotopic (exact) mass is 506 g/mol. The van der Waals surface area contributed by atoms with Crippen LogP contribution >= 0.6 is 0 Å². The molecule has 0 fully saturated rings. The van der Waals surface area contributed by atoms with Crippen molar-refractivity contribution in [2.24, 2.45) is 0 Å². The number of hydrogen-bond acceptors (Lipinski definition) is 7. The van der Waals surface area contributed by atoms with E-state index >= 15 is 0 Å². The maximum Gasteiger partial charge on any atom is 0.178 e. The highest BCUT2D eigenvalue weighted by atomic mass is 32.2. The number of nitrogens with zero attached hydrogens (tertiary/aromatic N) is 3. The summed E-state index contributed by atoms with van der Waals surface area (Å²) in [5, 5.41) is 19.8. The van der Waals surface area contributed by atoms with Gasteiger partial charge in [-0.25, -0.2) is 13.4 Å². The third-order valence-corrected chi connectivity index (χ3v) is 10.2. The number of imidazole rings is 1. The Morgan fingerprint density at radius 1 is 1.14 bits per heavy atom. The van der Waals surface area contributed by atoms with Gasteiger partial charge in [-0.1, -0.05) is 32.6 Å². The topological polar surface area (TPSA) is 129 Å². The summed E-state index contributed by atoms with van der Waals surface area (Å²) in [7, 11) is -5.85. The van der Waals surface area contributed by atoms with E-state index in [1.54, 1.807) is 37.4 Å². The van der Waals surface area contributed by atoms with Crippen LogP contribution in [-0.4, -0.2) is 42.3 Å². The molecular formula is C25H26N4O4SSi. The van der Waals surface area contributed by atoms with E-state index in [1.165, 1.54) is 12.1 Å². The summed E-state index contributed by atoms with van der Waals surface area (Å²) >= 11 is 0. The molecule has 0 saturated carbocycles. The molecule has 0 saturated heterocycles. The van der Waals surface area contributed by atoms with Crippen molar-refractivity contribution >= 4 is 28.9 Å². The molecule has 2 heterocycles. The van der Waals surface area contributed by atoms with Crippen LogP contribution in [0.15, 0.2) is 65.7 Å². The number of nitrogens with one attached hydrogen (secondary N) is 1. The van der Waals surface area contributed by atoms with E-state index in [1.807, 2.05) is 37.8 Å². The quantitative estimate of drug-likeness (QED) is 0.272. The summed E-state index contributed by atoms with van der Waals surface area (Å²) in [5.74, 6) is 1.20. The van der Waals surface area contributed by atoms with E-state index in [0.717, 1.165) is 0 Å². The van der Waals surface area contributed by atoms with Gasteiger partial charge in [0.25, 0.3) is 0 Å². The first-order valence-electron chi connectivity index (χ1n) is 11.1. The largest absolute Gasteiger partial charge is 0.457 e. The summed E-state index contributed by atoms with van der Waals surface area (Å²) in [5.41, 5.74) is 2.17. The summed E-state index contributed by atoms with van der Waals surface area (Å²) in [6, 6.07) is 17.1. The molecule has 2 N–H and O–H groups in total. The Kier molecular flexibility index (Phi) is 6.27. The Bertz CT molecular complexity index is 1520. The maximum atomic E-state index is 12.1. The molecule has 2 aromatic carbocycles. The average molecular weight is 507 g/mol. The summed E-state index contributed by atoms with van der Waals surface area (Å²) < 4.78 is 30.4. The molecule has 2 aromatic heterocycles. The second-order valence-corrected chi connectivity index (χ2v) is 16.7. The molecule has 4 rings (SSSR count). The van der Waals surface area contributed by atoms with Crippen molar-refractivity contribution in [3.05, 3.63) is 66.4 Å². The summed E-state index contributed by atoms with van der Waals surface area (Å²) in [6.07, 6.45) is 1.67. The second kappa shape index (κ2) is 8.92. The maximum absolute atomic E-state index is 12.1. The molecule has 8 nitrogen and oxygen atoms in total. The minimum atomic E-state index is -3.35. The van der Waals surface area contributed by atoms with E-state index in [9.17, 15) is 18.8 Å². The number of aromatic nitrogens is 3. The number of fused-ring (bicyclic) bond motifs is 1. The molecule has 10 heteroatoms. The first kappa shape index (κ1) is 24.6. The third-order valence-electron chi connectivity index (χ3n) is 5.92. The normalized spacial score (nSPS) is 13.8. The molecule has 4 aromatic rings. The second-order valence-electron chi connectivity index (χ2n) is 9.22. The van der Waals surface area contributed by atoms with Crippen molar-refractivity contribution in [2.75, 3.05) is 5.75 Å². The van der Waals surface area contributed by atoms with Gasteiger partial charge in [-0.15, -0.1) is 0 Å². The Morgan fingerprint density at radius 3 is 2.43 bits per heavy atom. The van der Waals surface area contributed by atoms with E-state index in [0.29, 0.717) is 33.9 Å². The molecule has 1 unspecified atom stereocenters. The molecule has 0 spiro atoms. The van der Waals surface area contributed by atoms with Crippen molar-refractivity contribution in [1.29, 1.82) is 5.26 Å². The minimum absolute atomic E-state index is 0.00212. The van der Waals surface area contributed by atoms with Crippen LogP contribution in [0.1, 0.15) is 12.5 Å². The number of hydrogen-bond donors (Lipinski definition) is 2. The van der Waals surface area contributed by atoms with E-state index < -0.39 is 23.1 Å². The van der Waals surface area contributed by atoms with Gasteiger partial charge in [-0.2, -0.15) is 5.26 Å². The van der Waals surface area contributed by atoms with Crippen molar-refractivity contribution in [3.63, 3.8) is 0 Å². The fourth-order valence-corrected chi connectivity index (χ4v) is 5.89. The van der Waals surface area contributed by atoms with Crippen LogP contribution in [0, 0.1) is 11.3 Å². The number of aromatic amines is 1. The van der Waals surface area contributed by atoms with Gasteiger partial charge in [0.15, 0.2) is 20.9 Å². The van der Waals surface area contributed by atoms with Crippen molar-refractivity contribution in [2.45, 2.75) is 36.7 Å². The van der Waals surface area contributed by atoms with Gasteiger partial charge in [-0.05, 0) is 42.5 Å². The van der Waals surface area contributed by atoms with E-state index in [4.69, 9.17) is 4.74 Å². The molecule has 0 aliphatic carbocycles. The summed E-state index contributed by atoms with van der Waals surface area (Å²) in [6.45, 7) is 7.29. The van der Waals surface area contributed by atoms with Gasteiger partial charge in [0.2, 0.25) is 0 Å². The van der Waals surface area contributed by atoms with Crippen molar-refractivity contribution < 1.29 is 18.3 Å². The number of ether oxygens (including phenoxy) is 1. The van der Waals surface area contributed by atoms with Crippen LogP contribution in [0.25, 0.3) is 22.6 Å². The molecule has 180 valence electrons. The predicted molar refractivity (Wildman–Crippen MR) is 136 cm³/mol. The molecule has 0 radical (unpaired) electrons. The highest BCUT2D eigenvalue weighted by Gasteiger charge is 2.46. The zero-order valence-electron chi connectivity index (χ0n) is 19.9. The minimum Gasteiger partial charge on any atom is -0.457 e. The SMILES string of the molecule is CCS(=O)(=O)c1ccc(Oc2cc3[nH]c(-c4ccccn4)nc3cc2C(O)(C#N)[Si](C)(C)C)cc1. The number of rotatable bonds is 7. The Hall–Kier alpha value is -3.52. The fourth-order valence-electron chi connectivity index (χ4n) is 3.67. The van der Waals surface area contributed by atoms with E-state index in [-0.39, 0.29) is 16.4 Å². The average Bonchev–Trinajstić information content (AvgIpc) is 3.26. The van der Waals surface area contributed by atoms with Crippen LogP contribution in [-0.2, 0) is 15.1 Å². The fraction of sp³-hybridized carbons (Fsp3) is 0.240. The zero-order chi connectivity index (χ0) is 25.4. The molecule has 0 aliphatic heterocycles. The van der Waals surface area contributed by atoms with Gasteiger partial charge in [0.1, 0.15) is 25.3 Å². The van der Waals surface area contributed by atoms with Gasteiger partial charge < -0.3 is 14.8 Å². The highest BCUT2D eigenvalue weighted by Crippen LogP contribution is 2.41. The number of pyridine rings is 1. The van der Waals surface area contributed by atoms with Crippen molar-refractivity contribution in [3.8, 4) is 29.1 Å². The number of sulfone groups is 1. The summed E-state index contributed by atoms with van der Waals surface area (Å²) in [4.78, 5) is 12.4. The van der Waals surface area contributed by atoms with Gasteiger partial charge >= 0.3 is 0 Å². The van der Waals surface area contributed by atoms with Gasteiger partial charge in [0.05, 0.1) is 27.8 Å². The first-order valence-corrected chi connectivity index (χ1v) is 16.2. The molecule has 0 amide bonds. The lowest BCUT2D eigenvalue weighted by Gasteiger charge is -2.34. The van der Waals surface area contributed by atoms with Crippen LogP contribution in [0.5, 0.6) is 11.5 Å². The molecular weight excluding hydrogens is 480 g/mol. The lowest BCUT2D eigenvalue weighted by molar-refractivity contribution is 0.172. The molecule has 0 bridgehead atoms. The first-order chi connectivity index (χ1) is 16.5. The van der Waals surface area contributed by atoms with Crippen LogP contribution in [0.3, 0.4) is 0 Å². The molecule has 0 aliphatic rings. The van der Waals surface area contributed by atoms with Crippen LogP contribution < -0.4 is 4.74 Å². The van der Waals surface area contributed by atoms with Gasteiger partial charge in [0, 0.05) is 17.8 Å². The van der Waals surface area contributed by atoms with Crippen LogP contribution in [0.4, 0.5) is 0 Å². The van der Waals surface area contributed by atoms with E-state index in [2.05, 4.69) is 21.0 Å². The highest BCUT2D eigenvalue weighted by molar-refractivity contribution is 7.91. The lowest BCUT2D eigenvalue weighted by atomic mass is 10.1. The molecule has 1 atom stereocenters. The van der Waals surface area contributed by atoms with Crippen molar-refractivity contribution in [1.82, 2.24) is 15.0 Å². The number of aliphatic hydroxyl groups is 1. The lowest BCUT2D eigenvalue weighted by Crippen LogP contribution is -2.48. The third kappa shape index (κ3) is 4.58. The Balaban J connectivity index is 1.86. The Labute approximate surface area is 205 Å². The Morgan fingerprint density at radius 2 is 1.86 bits per heavy atom. The molecule has 35 heavy (non-hydrogen) atoms. The van der Waals surface area contributed by atoms with Crippen LogP contribution in [0.2, 0.25) is 19.6 Å². The smallest absolute Gasteiger partial charge is 0.178 e. The number of nitriles is 1. The number of H-pyrrole nitrogens is 1.